The summed E-state index contributed by atoms with van der Waals surface area (Å²) in [6.45, 7) is 0.129. The van der Waals surface area contributed by atoms with Gasteiger partial charge in [-0.1, -0.05) is 18.2 Å². The number of carbonyl (C=O) groups is 1. The van der Waals surface area contributed by atoms with Crippen LogP contribution in [0.3, 0.4) is 0 Å². The molecule has 0 aliphatic carbocycles. The van der Waals surface area contributed by atoms with Crippen molar-refractivity contribution in [1.82, 2.24) is 9.24 Å². The Morgan fingerprint density at radius 1 is 1.21 bits per heavy atom. The number of hydrogen-bond donors (Lipinski definition) is 2. The smallest absolute Gasteiger partial charge is 0.222 e. The van der Waals surface area contributed by atoms with Crippen molar-refractivity contribution < 1.29 is 4.79 Å². The number of Topliss-reactive ketones (excluding diaryl/α,β-unsaturated/α-hetero) is 1. The van der Waals surface area contributed by atoms with Gasteiger partial charge in [-0.3, -0.25) is 10.2 Å². The number of hydrogen-bond acceptors (Lipinski definition) is 4. The first-order chi connectivity index (χ1) is 9.18. The van der Waals surface area contributed by atoms with E-state index in [9.17, 15) is 4.79 Å². The molecule has 5 nitrogen and oxygen atoms in total. The van der Waals surface area contributed by atoms with Crippen LogP contribution in [0.15, 0.2) is 41.8 Å². The summed E-state index contributed by atoms with van der Waals surface area (Å²) in [6.07, 6.45) is 0. The average Bonchev–Trinajstić information content (AvgIpc) is 3.03. The van der Waals surface area contributed by atoms with Crippen molar-refractivity contribution in [2.45, 2.75) is 6.54 Å². The van der Waals surface area contributed by atoms with Crippen LogP contribution in [-0.4, -0.2) is 15.0 Å². The van der Waals surface area contributed by atoms with Gasteiger partial charge in [0.15, 0.2) is 5.78 Å². The number of imidazole rings is 1. The van der Waals surface area contributed by atoms with Crippen LogP contribution >= 0.6 is 11.3 Å². The summed E-state index contributed by atoms with van der Waals surface area (Å²) in [4.78, 5) is 12.8. The van der Waals surface area contributed by atoms with Crippen LogP contribution in [0.25, 0.3) is 11.0 Å². The lowest BCUT2D eigenvalue weighted by molar-refractivity contribution is 0.0975. The topological polar surface area (TPSA) is 76.8 Å². The predicted octanol–water partition coefficient (Wildman–Crippen LogP) is 1.58. The van der Waals surface area contributed by atoms with E-state index in [2.05, 4.69) is 0 Å². The Bertz CT molecular complexity index is 798. The average molecular weight is 272 g/mol. The fourth-order valence-corrected chi connectivity index (χ4v) is 2.73. The molecule has 3 aromatic rings. The molecule has 0 bridgehead atoms. The Balaban J connectivity index is 2.09. The Morgan fingerprint density at radius 2 is 1.95 bits per heavy atom. The molecule has 0 aliphatic heterocycles. The minimum Gasteiger partial charge on any atom is -0.336 e. The maximum atomic E-state index is 12.1. The summed E-state index contributed by atoms with van der Waals surface area (Å²) in [5.74, 6) is 5.82. The van der Waals surface area contributed by atoms with Crippen LogP contribution in [0, 0.1) is 5.41 Å². The van der Waals surface area contributed by atoms with Gasteiger partial charge in [0.05, 0.1) is 22.5 Å². The quantitative estimate of drug-likeness (QED) is 0.561. The lowest BCUT2D eigenvalue weighted by Crippen LogP contribution is -2.31. The molecule has 96 valence electrons. The van der Waals surface area contributed by atoms with Gasteiger partial charge in [0.1, 0.15) is 0 Å². The second kappa shape index (κ2) is 4.40. The number of ketones is 1. The Morgan fingerprint density at radius 3 is 2.63 bits per heavy atom. The highest BCUT2D eigenvalue weighted by Crippen LogP contribution is 2.14. The minimum absolute atomic E-state index is 0.00940. The predicted molar refractivity (Wildman–Crippen MR) is 74.6 cm³/mol. The van der Waals surface area contributed by atoms with E-state index in [1.54, 1.807) is 10.6 Å². The van der Waals surface area contributed by atoms with Gasteiger partial charge < -0.3 is 10.4 Å². The minimum atomic E-state index is -0.00940. The lowest BCUT2D eigenvalue weighted by atomic mass is 10.3. The van der Waals surface area contributed by atoms with Crippen molar-refractivity contribution in [1.29, 1.82) is 5.41 Å². The molecule has 0 saturated carbocycles. The van der Waals surface area contributed by atoms with Gasteiger partial charge in [0.2, 0.25) is 5.62 Å². The molecule has 0 aliphatic rings. The highest BCUT2D eigenvalue weighted by molar-refractivity contribution is 7.12. The fraction of sp³-hybridized carbons (Fsp3) is 0.0769. The molecule has 2 aromatic heterocycles. The molecular weight excluding hydrogens is 260 g/mol. The third-order valence-electron chi connectivity index (χ3n) is 3.01. The zero-order valence-electron chi connectivity index (χ0n) is 10.0. The SMILES string of the molecule is N=c1n(N)c2ccccc2n1CC(=O)c1cccs1. The van der Waals surface area contributed by atoms with Gasteiger partial charge in [-0.25, -0.2) is 4.68 Å². The number of aromatic nitrogens is 2. The molecule has 0 radical (unpaired) electrons. The monoisotopic (exact) mass is 272 g/mol. The number of nitrogens with one attached hydrogen (secondary N) is 1. The molecule has 0 spiro atoms. The first-order valence-electron chi connectivity index (χ1n) is 5.75. The largest absolute Gasteiger partial charge is 0.336 e. The van der Waals surface area contributed by atoms with Crippen molar-refractivity contribution in [2.75, 3.05) is 5.84 Å². The zero-order chi connectivity index (χ0) is 13.4. The van der Waals surface area contributed by atoms with Crippen LogP contribution in [0.5, 0.6) is 0 Å². The summed E-state index contributed by atoms with van der Waals surface area (Å²) < 4.78 is 2.91. The number of fused-ring (bicyclic) bond motifs is 1. The number of carbonyl (C=O) groups excluding carboxylic acids is 1. The number of para-hydroxylation sites is 2. The van der Waals surface area contributed by atoms with E-state index >= 15 is 0 Å². The molecule has 0 unspecified atom stereocenters. The number of benzene rings is 1. The number of nitrogen functional groups attached to an aromatic ring is 1. The van der Waals surface area contributed by atoms with Gasteiger partial charge in [-0.05, 0) is 23.6 Å². The second-order valence-corrected chi connectivity index (χ2v) is 5.12. The van der Waals surface area contributed by atoms with Gasteiger partial charge in [-0.2, -0.15) is 0 Å². The van der Waals surface area contributed by atoms with E-state index in [-0.39, 0.29) is 17.9 Å². The van der Waals surface area contributed by atoms with Crippen LogP contribution < -0.4 is 11.5 Å². The molecule has 19 heavy (non-hydrogen) atoms. The van der Waals surface area contributed by atoms with Gasteiger partial charge in [0, 0.05) is 0 Å². The maximum absolute atomic E-state index is 12.1. The Hall–Kier alpha value is -2.34. The molecule has 2 heterocycles. The summed E-state index contributed by atoms with van der Waals surface area (Å²) in [7, 11) is 0. The lowest BCUT2D eigenvalue weighted by Gasteiger charge is -2.01. The summed E-state index contributed by atoms with van der Waals surface area (Å²) in [6, 6.07) is 11.1. The van der Waals surface area contributed by atoms with E-state index in [1.165, 1.54) is 16.0 Å². The first kappa shape index (κ1) is 11.7. The third kappa shape index (κ3) is 1.86. The summed E-state index contributed by atoms with van der Waals surface area (Å²) in [5.41, 5.74) is 1.65. The van der Waals surface area contributed by atoms with E-state index in [0.29, 0.717) is 4.88 Å². The van der Waals surface area contributed by atoms with Crippen LogP contribution in [0.4, 0.5) is 0 Å². The Kier molecular flexibility index (Phi) is 2.72. The van der Waals surface area contributed by atoms with Gasteiger partial charge >= 0.3 is 0 Å². The van der Waals surface area contributed by atoms with Crippen LogP contribution in [-0.2, 0) is 6.54 Å². The third-order valence-corrected chi connectivity index (χ3v) is 3.92. The number of nitrogens with two attached hydrogens (primary N) is 1. The zero-order valence-corrected chi connectivity index (χ0v) is 10.9. The second-order valence-electron chi connectivity index (χ2n) is 4.17. The van der Waals surface area contributed by atoms with E-state index < -0.39 is 0 Å². The number of rotatable bonds is 3. The van der Waals surface area contributed by atoms with Gasteiger partial charge in [0.25, 0.3) is 0 Å². The molecule has 0 fully saturated rings. The van der Waals surface area contributed by atoms with Crippen LogP contribution in [0.1, 0.15) is 9.67 Å². The molecule has 3 N–H and O–H groups in total. The summed E-state index contributed by atoms with van der Waals surface area (Å²) >= 11 is 1.41. The van der Waals surface area contributed by atoms with Gasteiger partial charge in [-0.15, -0.1) is 11.3 Å². The number of nitrogens with zero attached hydrogens (tertiary/aromatic N) is 2. The highest BCUT2D eigenvalue weighted by Gasteiger charge is 2.13. The van der Waals surface area contributed by atoms with E-state index in [0.717, 1.165) is 11.0 Å². The fourth-order valence-electron chi connectivity index (χ4n) is 2.07. The number of thiophene rings is 1. The van der Waals surface area contributed by atoms with E-state index in [1.807, 2.05) is 35.7 Å². The van der Waals surface area contributed by atoms with Crippen molar-refractivity contribution in [3.8, 4) is 0 Å². The van der Waals surface area contributed by atoms with Crippen molar-refractivity contribution in [2.24, 2.45) is 0 Å². The molecule has 1 aromatic carbocycles. The van der Waals surface area contributed by atoms with Crippen LogP contribution in [0.2, 0.25) is 0 Å². The highest BCUT2D eigenvalue weighted by atomic mass is 32.1. The standard InChI is InChI=1S/C13H12N4OS/c14-13-16(8-11(18)12-6-3-7-19-12)9-4-1-2-5-10(9)17(13)15/h1-7,14H,8,15H2. The summed E-state index contributed by atoms with van der Waals surface area (Å²) in [5, 5.41) is 9.86. The normalized spacial score (nSPS) is 10.9. The van der Waals surface area contributed by atoms with Crippen molar-refractivity contribution in [3.63, 3.8) is 0 Å². The van der Waals surface area contributed by atoms with Crippen molar-refractivity contribution >= 4 is 28.2 Å². The molecule has 0 amide bonds. The molecular formula is C13H12N4OS. The van der Waals surface area contributed by atoms with Crippen molar-refractivity contribution in [3.05, 3.63) is 52.3 Å². The molecule has 0 saturated heterocycles. The molecule has 6 heteroatoms. The van der Waals surface area contributed by atoms with E-state index in [4.69, 9.17) is 11.3 Å². The Labute approximate surface area is 113 Å². The first-order valence-corrected chi connectivity index (χ1v) is 6.63. The maximum Gasteiger partial charge on any atom is 0.222 e. The molecule has 0 atom stereocenters. The molecule has 3 rings (SSSR count).